The lowest BCUT2D eigenvalue weighted by Gasteiger charge is -2.22. The Hall–Kier alpha value is -7.24. The standard InChI is InChI=1S/C53H22B10N4O/c54-39-35-36(42(57)45(60)44(59)40(35)55)49-37(41(39)56)38-43(58)46(61)47(62)48(63)50(38)67(49)25-21-31(34-30-17-9-10-18-32(30)68-33(34)22-25)28-19-20-29(27-16-8-7-15-26(27)28)53-65-51(23-11-3-1-4-12-23)64-52(66-53)24-13-5-2-6-14-24/h1-22H. The molecule has 12 rings (SSSR count). The molecule has 0 saturated carbocycles. The van der Waals surface area contributed by atoms with Crippen molar-refractivity contribution in [2.75, 3.05) is 0 Å². The molecule has 0 bridgehead atoms. The summed E-state index contributed by atoms with van der Waals surface area (Å²) in [5.74, 6) is 1.62. The van der Waals surface area contributed by atoms with Gasteiger partial charge in [-0.15, -0.1) is 21.9 Å². The van der Waals surface area contributed by atoms with Crippen molar-refractivity contribution in [3.05, 3.63) is 133 Å². The first-order valence-electron chi connectivity index (χ1n) is 21.6. The van der Waals surface area contributed by atoms with Gasteiger partial charge in [0.15, 0.2) is 17.5 Å². The number of hydrogen-bond donors (Lipinski definition) is 0. The third kappa shape index (κ3) is 6.07. The number of nitrogens with zero attached hydrogens (tertiary/aromatic N) is 4. The second-order valence-corrected chi connectivity index (χ2v) is 16.9. The van der Waals surface area contributed by atoms with Gasteiger partial charge < -0.3 is 8.98 Å². The molecule has 0 fully saturated rings. The van der Waals surface area contributed by atoms with Crippen molar-refractivity contribution in [3.63, 3.8) is 0 Å². The van der Waals surface area contributed by atoms with E-state index in [9.17, 15) is 0 Å². The van der Waals surface area contributed by atoms with Crippen molar-refractivity contribution in [1.29, 1.82) is 0 Å². The maximum absolute atomic E-state index is 7.02. The van der Waals surface area contributed by atoms with E-state index in [1.807, 2.05) is 114 Å². The quantitative estimate of drug-likeness (QED) is 0.249. The number of furan rings is 1. The molecular formula is C53H22B10N4O. The molecule has 0 aliphatic rings. The first-order valence-corrected chi connectivity index (χ1v) is 21.6. The molecule has 15 heteroatoms. The Balaban J connectivity index is 1.21. The molecule has 0 spiro atoms. The zero-order valence-electron chi connectivity index (χ0n) is 36.2. The third-order valence-electron chi connectivity index (χ3n) is 13.2. The van der Waals surface area contributed by atoms with Gasteiger partial charge >= 0.3 is 0 Å². The number of aromatic nitrogens is 4. The molecule has 0 atom stereocenters. The molecule has 9 aromatic carbocycles. The van der Waals surface area contributed by atoms with Gasteiger partial charge in [-0.05, 0) is 56.3 Å². The van der Waals surface area contributed by atoms with E-state index in [2.05, 4.69) is 24.3 Å². The van der Waals surface area contributed by atoms with Crippen molar-refractivity contribution in [2.24, 2.45) is 0 Å². The smallest absolute Gasteiger partial charge is 0.164 e. The minimum atomic E-state index is 0.0710. The molecule has 0 aliphatic carbocycles. The Morgan fingerprint density at radius 3 is 1.38 bits per heavy atom. The number of rotatable bonds is 5. The van der Waals surface area contributed by atoms with E-state index in [1.54, 1.807) is 0 Å². The molecule has 0 amide bonds. The normalized spacial score (nSPS) is 11.8. The highest BCUT2D eigenvalue weighted by atomic mass is 16.3. The van der Waals surface area contributed by atoms with Gasteiger partial charge in [0.2, 0.25) is 0 Å². The second-order valence-electron chi connectivity index (χ2n) is 16.9. The van der Waals surface area contributed by atoms with Crippen LogP contribution in [0.5, 0.6) is 0 Å². The van der Waals surface area contributed by atoms with Crippen LogP contribution in [0.1, 0.15) is 0 Å². The van der Waals surface area contributed by atoms with Crippen molar-refractivity contribution < 1.29 is 4.42 Å². The van der Waals surface area contributed by atoms with E-state index >= 15 is 0 Å². The van der Waals surface area contributed by atoms with Gasteiger partial charge in [-0.1, -0.05) is 142 Å². The molecule has 12 aromatic rings. The van der Waals surface area contributed by atoms with Gasteiger partial charge in [-0.3, -0.25) is 0 Å². The van der Waals surface area contributed by atoms with Crippen LogP contribution in [-0.4, -0.2) is 98.0 Å². The highest BCUT2D eigenvalue weighted by Crippen LogP contribution is 2.44. The summed E-state index contributed by atoms with van der Waals surface area (Å²) in [5.41, 5.74) is 8.04. The molecule has 290 valence electrons. The number of benzene rings is 9. The van der Waals surface area contributed by atoms with Gasteiger partial charge in [0, 0.05) is 44.4 Å². The lowest BCUT2D eigenvalue weighted by Crippen LogP contribution is -2.50. The average molecular weight is 839 g/mol. The summed E-state index contributed by atoms with van der Waals surface area (Å²) in [7, 11) is 67.7. The first kappa shape index (κ1) is 42.1. The Morgan fingerprint density at radius 2 is 0.765 bits per heavy atom. The number of fused-ring (bicyclic) bond motifs is 9. The predicted molar refractivity (Wildman–Crippen MR) is 292 cm³/mol. The molecule has 20 radical (unpaired) electrons. The van der Waals surface area contributed by atoms with E-state index < -0.39 is 0 Å². The minimum absolute atomic E-state index is 0.0710. The largest absolute Gasteiger partial charge is 0.456 e. The Labute approximate surface area is 404 Å². The molecule has 0 unspecified atom stereocenters. The summed E-state index contributed by atoms with van der Waals surface area (Å²) >= 11 is 0. The summed E-state index contributed by atoms with van der Waals surface area (Å²) < 4.78 is 8.62. The van der Waals surface area contributed by atoms with E-state index in [1.165, 1.54) is 0 Å². The summed E-state index contributed by atoms with van der Waals surface area (Å²) in [4.78, 5) is 15.1. The predicted octanol–water partition coefficient (Wildman–Crippen LogP) is 1.78. The summed E-state index contributed by atoms with van der Waals surface area (Å²) in [5, 5.41) is 5.12. The van der Waals surface area contributed by atoms with E-state index in [-0.39, 0.29) is 54.6 Å². The maximum atomic E-state index is 7.02. The molecule has 5 nitrogen and oxygen atoms in total. The molecule has 68 heavy (non-hydrogen) atoms. The van der Waals surface area contributed by atoms with Crippen LogP contribution in [0.25, 0.3) is 116 Å². The lowest BCUT2D eigenvalue weighted by molar-refractivity contribution is 0.668. The monoisotopic (exact) mass is 840 g/mol. The van der Waals surface area contributed by atoms with Crippen molar-refractivity contribution in [1.82, 2.24) is 19.5 Å². The molecule has 0 N–H and O–H groups in total. The molecule has 0 aliphatic heterocycles. The van der Waals surface area contributed by atoms with Gasteiger partial charge in [0.05, 0.1) is 11.2 Å². The number of hydrogen-bond acceptors (Lipinski definition) is 4. The van der Waals surface area contributed by atoms with Crippen LogP contribution in [0.15, 0.2) is 138 Å². The van der Waals surface area contributed by atoms with Crippen LogP contribution in [0.2, 0.25) is 0 Å². The van der Waals surface area contributed by atoms with Crippen LogP contribution >= 0.6 is 0 Å². The first-order chi connectivity index (χ1) is 32.9. The zero-order valence-corrected chi connectivity index (χ0v) is 36.2. The summed E-state index contributed by atoms with van der Waals surface area (Å²) in [6.45, 7) is 0. The zero-order chi connectivity index (χ0) is 46.9. The average Bonchev–Trinajstić information content (AvgIpc) is 3.94. The molecule has 3 heterocycles. The summed E-state index contributed by atoms with van der Waals surface area (Å²) in [6.07, 6.45) is 0. The van der Waals surface area contributed by atoms with Gasteiger partial charge in [-0.2, -0.15) is 0 Å². The Kier molecular flexibility index (Phi) is 9.71. The van der Waals surface area contributed by atoms with Crippen molar-refractivity contribution in [2.45, 2.75) is 0 Å². The molecule has 0 saturated heterocycles. The fraction of sp³-hybridized carbons (Fsp3) is 0. The van der Waals surface area contributed by atoms with Crippen molar-refractivity contribution in [3.8, 4) is 51.0 Å². The fourth-order valence-electron chi connectivity index (χ4n) is 9.86. The van der Waals surface area contributed by atoms with Crippen LogP contribution in [0, 0.1) is 0 Å². The SMILES string of the molecule is [B]c1c([B])c([B])c2c(c1[B])c([B])c([B])c1c3c([B])c([B])c([B])c([B])c3n(-c3cc(-c4ccc(-c5nc(-c6ccccc6)nc(-c6ccccc6)n5)c5ccccc45)c4c(c3)oc3ccccc34)c21. The van der Waals surface area contributed by atoms with Gasteiger partial charge in [0.25, 0.3) is 0 Å². The van der Waals surface area contributed by atoms with Gasteiger partial charge in [-0.25, -0.2) is 15.0 Å². The van der Waals surface area contributed by atoms with Crippen LogP contribution in [0.3, 0.4) is 0 Å². The van der Waals surface area contributed by atoms with Crippen LogP contribution in [0.4, 0.5) is 0 Å². The highest BCUT2D eigenvalue weighted by Gasteiger charge is 2.27. The topological polar surface area (TPSA) is 56.7 Å². The van der Waals surface area contributed by atoms with Crippen LogP contribution < -0.4 is 54.6 Å². The highest BCUT2D eigenvalue weighted by molar-refractivity contribution is 6.73. The summed E-state index contributed by atoms with van der Waals surface area (Å²) in [6, 6.07) is 44.0. The molecule has 3 aromatic heterocycles. The molecular weight excluding hydrogens is 817 g/mol. The minimum Gasteiger partial charge on any atom is -0.456 e. The van der Waals surface area contributed by atoms with E-state index in [0.717, 1.165) is 49.4 Å². The van der Waals surface area contributed by atoms with Crippen LogP contribution in [-0.2, 0) is 0 Å². The van der Waals surface area contributed by atoms with Gasteiger partial charge in [0.1, 0.15) is 89.6 Å². The Bertz CT molecular complexity index is 4100. The van der Waals surface area contributed by atoms with Crippen molar-refractivity contribution >= 4 is 198 Å². The second kappa shape index (κ2) is 15.7. The fourth-order valence-corrected chi connectivity index (χ4v) is 9.86. The van der Waals surface area contributed by atoms with E-state index in [4.69, 9.17) is 97.8 Å². The maximum Gasteiger partial charge on any atom is 0.164 e. The number of para-hydroxylation sites is 1. The lowest BCUT2D eigenvalue weighted by atomic mass is 9.61. The van der Waals surface area contributed by atoms with E-state index in [0.29, 0.717) is 66.9 Å². The third-order valence-corrected chi connectivity index (χ3v) is 13.2. The Morgan fingerprint density at radius 1 is 0.324 bits per heavy atom.